The van der Waals surface area contributed by atoms with Crippen LogP contribution in [0.4, 0.5) is 102 Å². The lowest BCUT2D eigenvalue weighted by atomic mass is 9.91. The first kappa shape index (κ1) is 73.2. The second kappa shape index (κ2) is 32.9. The van der Waals surface area contributed by atoms with E-state index in [1.54, 1.807) is 37.1 Å². The zero-order chi connectivity index (χ0) is 80.7. The Kier molecular flexibility index (Phi) is 20.0. The SMILES string of the molecule is N#Cc1cc(-c2ccccc2-c2ccccc2N2c3ccccc3N(c3ccccc3)c3ccccc32)ccn1.N#Cc1ccncc1-c1ccccc1-c1ccccc1N1c2ccccc2N(c2ccccc2)c2ccccc21.N#Cc1cnccc1-c1ccccc1-c1ccccc1N1c2ccccc2N(c2ccccc2)c2ccccc21. The van der Waals surface area contributed by atoms with E-state index in [0.29, 0.717) is 16.8 Å². The van der Waals surface area contributed by atoms with Crippen LogP contribution in [-0.4, -0.2) is 15.0 Å². The highest BCUT2D eigenvalue weighted by molar-refractivity contribution is 6.09. The first-order valence-electron chi connectivity index (χ1n) is 39.6. The molecule has 6 heterocycles. The minimum absolute atomic E-state index is 0.403. The summed E-state index contributed by atoms with van der Waals surface area (Å²) in [5.74, 6) is 0. The number of para-hydroxylation sites is 18. The van der Waals surface area contributed by atoms with E-state index in [-0.39, 0.29) is 0 Å². The molecule has 3 aromatic heterocycles. The summed E-state index contributed by atoms with van der Waals surface area (Å²) >= 11 is 0. The third-order valence-corrected chi connectivity index (χ3v) is 22.0. The number of anilines is 18. The van der Waals surface area contributed by atoms with E-state index in [1.807, 2.05) is 60.7 Å². The van der Waals surface area contributed by atoms with Crippen molar-refractivity contribution >= 4 is 102 Å². The molecule has 0 spiro atoms. The molecule has 0 bridgehead atoms. The molecule has 3 aliphatic rings. The first-order chi connectivity index (χ1) is 59.5. The van der Waals surface area contributed by atoms with Crippen LogP contribution in [0.15, 0.2) is 437 Å². The molecular weight excluding hydrogens is 1470 g/mol. The summed E-state index contributed by atoms with van der Waals surface area (Å²) in [5.41, 5.74) is 33.5. The van der Waals surface area contributed by atoms with Crippen molar-refractivity contribution < 1.29 is 0 Å². The van der Waals surface area contributed by atoms with Crippen LogP contribution in [0, 0.1) is 34.0 Å². The first-order valence-corrected chi connectivity index (χ1v) is 39.6. The fraction of sp³-hybridized carbons (Fsp3) is 0. The third kappa shape index (κ3) is 13.6. The molecule has 0 unspecified atom stereocenters. The predicted octanol–water partition coefficient (Wildman–Crippen LogP) is 28.6. The Hall–Kier alpha value is -17.0. The number of hydrogen-bond donors (Lipinski definition) is 0. The van der Waals surface area contributed by atoms with Crippen LogP contribution in [-0.2, 0) is 0 Å². The van der Waals surface area contributed by atoms with Crippen molar-refractivity contribution in [3.05, 3.63) is 454 Å². The van der Waals surface area contributed by atoms with Gasteiger partial charge in [0.05, 0.1) is 103 Å². The monoisotopic (exact) mass is 1540 g/mol. The number of fused-ring (bicyclic) bond motifs is 6. The van der Waals surface area contributed by atoms with Gasteiger partial charge in [-0.2, -0.15) is 15.8 Å². The van der Waals surface area contributed by atoms with Gasteiger partial charge < -0.3 is 29.4 Å². The Morgan fingerprint density at radius 2 is 0.442 bits per heavy atom. The molecule has 12 heteroatoms. The number of nitrogens with zero attached hydrogens (tertiary/aromatic N) is 12. The minimum Gasteiger partial charge on any atom is -0.306 e. The fourth-order valence-corrected chi connectivity index (χ4v) is 16.8. The van der Waals surface area contributed by atoms with E-state index in [1.165, 1.54) is 0 Å². The van der Waals surface area contributed by atoms with E-state index in [4.69, 9.17) is 0 Å². The normalized spacial score (nSPS) is 11.9. The lowest BCUT2D eigenvalue weighted by Crippen LogP contribution is -2.24. The number of rotatable bonds is 12. The van der Waals surface area contributed by atoms with E-state index in [0.717, 1.165) is 169 Å². The Bertz CT molecular complexity index is 6570. The highest BCUT2D eigenvalue weighted by Crippen LogP contribution is 2.60. The molecule has 15 aromatic carbocycles. The molecule has 0 saturated heterocycles. The van der Waals surface area contributed by atoms with Gasteiger partial charge >= 0.3 is 0 Å². The van der Waals surface area contributed by atoms with Gasteiger partial charge in [0.2, 0.25) is 0 Å². The smallest absolute Gasteiger partial charge is 0.141 e. The van der Waals surface area contributed by atoms with Crippen molar-refractivity contribution in [1.29, 1.82) is 15.8 Å². The summed E-state index contributed by atoms with van der Waals surface area (Å²) in [6.45, 7) is 0. The van der Waals surface area contributed by atoms with Crippen molar-refractivity contribution in [3.8, 4) is 85.0 Å². The van der Waals surface area contributed by atoms with Crippen molar-refractivity contribution in [2.24, 2.45) is 0 Å². The van der Waals surface area contributed by atoms with Gasteiger partial charge in [-0.3, -0.25) is 9.97 Å². The maximum atomic E-state index is 9.85. The van der Waals surface area contributed by atoms with Crippen LogP contribution >= 0.6 is 0 Å². The maximum Gasteiger partial charge on any atom is 0.141 e. The fourth-order valence-electron chi connectivity index (χ4n) is 16.8. The molecule has 21 rings (SSSR count). The van der Waals surface area contributed by atoms with Crippen LogP contribution in [0.3, 0.4) is 0 Å². The van der Waals surface area contributed by atoms with Crippen molar-refractivity contribution in [2.75, 3.05) is 29.4 Å². The molecule has 18 aromatic rings. The van der Waals surface area contributed by atoms with Gasteiger partial charge in [-0.15, -0.1) is 0 Å². The number of nitriles is 3. The molecule has 0 aliphatic carbocycles. The van der Waals surface area contributed by atoms with Gasteiger partial charge in [0.15, 0.2) is 0 Å². The van der Waals surface area contributed by atoms with Gasteiger partial charge in [-0.05, 0) is 191 Å². The molecule has 120 heavy (non-hydrogen) atoms. The van der Waals surface area contributed by atoms with Crippen LogP contribution < -0.4 is 29.4 Å². The van der Waals surface area contributed by atoms with Crippen molar-refractivity contribution in [2.45, 2.75) is 0 Å². The second-order valence-corrected chi connectivity index (χ2v) is 28.7. The van der Waals surface area contributed by atoms with E-state index in [2.05, 4.69) is 402 Å². The molecule has 0 N–H and O–H groups in total. The summed E-state index contributed by atoms with van der Waals surface area (Å²) in [4.78, 5) is 26.8. The van der Waals surface area contributed by atoms with E-state index in [9.17, 15) is 15.8 Å². The van der Waals surface area contributed by atoms with Crippen molar-refractivity contribution in [1.82, 2.24) is 15.0 Å². The molecule has 0 fully saturated rings. The summed E-state index contributed by atoms with van der Waals surface area (Å²) in [6.07, 6.45) is 8.52. The van der Waals surface area contributed by atoms with E-state index >= 15 is 0 Å². The second-order valence-electron chi connectivity index (χ2n) is 28.7. The quantitative estimate of drug-likeness (QED) is 0.115. The number of benzene rings is 15. The van der Waals surface area contributed by atoms with E-state index < -0.39 is 0 Å². The molecule has 0 radical (unpaired) electrons. The van der Waals surface area contributed by atoms with Gasteiger partial charge in [0, 0.05) is 75.9 Å². The predicted molar refractivity (Wildman–Crippen MR) is 488 cm³/mol. The molecule has 0 atom stereocenters. The molecule has 0 amide bonds. The summed E-state index contributed by atoms with van der Waals surface area (Å²) < 4.78 is 0. The lowest BCUT2D eigenvalue weighted by Gasteiger charge is -2.41. The topological polar surface area (TPSA) is 129 Å². The Labute approximate surface area is 697 Å². The van der Waals surface area contributed by atoms with Crippen LogP contribution in [0.25, 0.3) is 66.8 Å². The Morgan fingerprint density at radius 1 is 0.183 bits per heavy atom. The molecule has 12 nitrogen and oxygen atoms in total. The minimum atomic E-state index is 0.403. The van der Waals surface area contributed by atoms with Crippen molar-refractivity contribution in [3.63, 3.8) is 0 Å². The highest BCUT2D eigenvalue weighted by atomic mass is 15.3. The zero-order valence-electron chi connectivity index (χ0n) is 64.9. The van der Waals surface area contributed by atoms with Crippen LogP contribution in [0.1, 0.15) is 16.8 Å². The number of pyridine rings is 3. The standard InChI is InChI=1S/3C36H24N4/c37-24-26-25-38-23-22-28(26)29-14-4-5-15-30(29)31-16-6-7-17-32(31)40-35-20-10-8-18-33(35)39(27-12-2-1-3-13-27)34-19-9-11-21-36(34)40;37-25-27-24-26(22-23-38-27)29-14-4-5-15-30(29)31-16-6-7-17-32(31)40-35-20-10-8-18-33(35)39(28-12-2-1-3-13-28)34-19-9-11-21-36(34)40;37-24-26-22-23-38-25-31(26)29-15-5-4-14-28(29)30-16-6-7-17-32(30)40-35-20-10-8-18-33(35)39(27-12-2-1-3-13-27)34-19-9-11-21-36(34)40/h1-23,25H;1-24H;1-23,25H. The largest absolute Gasteiger partial charge is 0.306 e. The molecule has 0 saturated carbocycles. The van der Waals surface area contributed by atoms with Gasteiger partial charge in [-0.25, -0.2) is 4.98 Å². The lowest BCUT2D eigenvalue weighted by molar-refractivity contribution is 1.17. The number of aromatic nitrogens is 3. The highest BCUT2D eigenvalue weighted by Gasteiger charge is 2.36. The average Bonchev–Trinajstić information content (AvgIpc) is 0.738. The summed E-state index contributed by atoms with van der Waals surface area (Å²) in [5, 5.41) is 29.2. The molecule has 564 valence electrons. The third-order valence-electron chi connectivity index (χ3n) is 22.0. The van der Waals surface area contributed by atoms with Crippen LogP contribution in [0.5, 0.6) is 0 Å². The zero-order valence-corrected chi connectivity index (χ0v) is 64.9. The molecular formula is C108H72N12. The maximum absolute atomic E-state index is 9.85. The summed E-state index contributed by atoms with van der Waals surface area (Å²) in [6, 6.07) is 148. The summed E-state index contributed by atoms with van der Waals surface area (Å²) in [7, 11) is 0. The molecule has 3 aliphatic heterocycles. The Morgan fingerprint density at radius 3 is 0.775 bits per heavy atom. The van der Waals surface area contributed by atoms with Crippen LogP contribution in [0.2, 0.25) is 0 Å². The number of hydrogen-bond acceptors (Lipinski definition) is 12. The Balaban J connectivity index is 0.000000119. The average molecular weight is 1540 g/mol. The van der Waals surface area contributed by atoms with Gasteiger partial charge in [-0.1, -0.05) is 255 Å². The van der Waals surface area contributed by atoms with Gasteiger partial charge in [0.25, 0.3) is 0 Å². The van der Waals surface area contributed by atoms with Gasteiger partial charge in [0.1, 0.15) is 17.8 Å².